The number of pyridine rings is 1. The summed E-state index contributed by atoms with van der Waals surface area (Å²) in [7, 11) is 0.796. The van der Waals surface area contributed by atoms with Crippen molar-refractivity contribution in [3.8, 4) is 17.4 Å². The van der Waals surface area contributed by atoms with E-state index < -0.39 is 36.2 Å². The molecule has 0 unspecified atom stereocenters. The molecule has 0 fully saturated rings. The number of nitrogens with zero attached hydrogens (tertiary/aromatic N) is 3. The van der Waals surface area contributed by atoms with E-state index in [-0.39, 0.29) is 45.9 Å². The molecule has 0 spiro atoms. The molecule has 1 aromatic carbocycles. The lowest BCUT2D eigenvalue weighted by Gasteiger charge is -2.27. The molecule has 1 heterocycles. The van der Waals surface area contributed by atoms with Crippen LogP contribution in [-0.4, -0.2) is 54.5 Å². The van der Waals surface area contributed by atoms with Gasteiger partial charge in [-0.2, -0.15) is 13.2 Å². The average molecular weight is 484 g/mol. The third-order valence-corrected chi connectivity index (χ3v) is 4.08. The zero-order valence-corrected chi connectivity index (χ0v) is 17.8. The molecule has 0 radical (unpaired) electrons. The Morgan fingerprint density at radius 2 is 1.97 bits per heavy atom. The van der Waals surface area contributed by atoms with E-state index in [0.717, 1.165) is 19.2 Å². The molecule has 0 aliphatic carbocycles. The van der Waals surface area contributed by atoms with Crippen LogP contribution in [0.3, 0.4) is 0 Å². The van der Waals surface area contributed by atoms with E-state index in [2.05, 4.69) is 11.6 Å². The molecule has 182 valence electrons. The number of aromatic nitrogens is 1. The Morgan fingerprint density at radius 1 is 1.26 bits per heavy atom. The molecule has 0 aliphatic heterocycles. The van der Waals surface area contributed by atoms with Gasteiger partial charge in [0.15, 0.2) is 11.5 Å². The van der Waals surface area contributed by atoms with Crippen LogP contribution in [-0.2, 0) is 9.59 Å². The van der Waals surface area contributed by atoms with Gasteiger partial charge in [0, 0.05) is 31.8 Å². The minimum Gasteiger partial charge on any atom is -0.475 e. The third-order valence-electron chi connectivity index (χ3n) is 4.08. The minimum atomic E-state index is -4.76. The fourth-order valence-corrected chi connectivity index (χ4v) is 2.62. The Kier molecular flexibility index (Phi) is 8.53. The van der Waals surface area contributed by atoms with Gasteiger partial charge in [0.05, 0.1) is 18.0 Å². The van der Waals surface area contributed by atoms with Crippen molar-refractivity contribution in [2.75, 3.05) is 30.8 Å². The Bertz CT molecular complexity index is 1080. The molecular formula is C21H20F4N4O5. The van der Waals surface area contributed by atoms with Crippen LogP contribution in [0.4, 0.5) is 33.7 Å². The van der Waals surface area contributed by atoms with Gasteiger partial charge in [-0.15, -0.1) is 0 Å². The van der Waals surface area contributed by atoms with Crippen molar-refractivity contribution in [3.63, 3.8) is 0 Å². The number of carbonyl (C=O) groups excluding carboxylic acids is 3. The highest BCUT2D eigenvalue weighted by Gasteiger charge is 2.35. The summed E-state index contributed by atoms with van der Waals surface area (Å²) in [6.45, 7) is 1.49. The number of aldehydes is 1. The van der Waals surface area contributed by atoms with Crippen molar-refractivity contribution in [1.29, 1.82) is 0 Å². The third kappa shape index (κ3) is 6.67. The highest BCUT2D eigenvalue weighted by molar-refractivity contribution is 6.18. The number of halogens is 4. The van der Waals surface area contributed by atoms with E-state index >= 15 is 0 Å². The molecule has 13 heteroatoms. The van der Waals surface area contributed by atoms with E-state index in [1.165, 1.54) is 18.3 Å². The summed E-state index contributed by atoms with van der Waals surface area (Å²) in [5.74, 6) is -2.65. The van der Waals surface area contributed by atoms with Crippen molar-refractivity contribution in [1.82, 2.24) is 9.88 Å². The lowest BCUT2D eigenvalue weighted by Crippen LogP contribution is -2.47. The molecule has 3 amide bonds. The monoisotopic (exact) mass is 484 g/mol. The predicted octanol–water partition coefficient (Wildman–Crippen LogP) is 3.70. The van der Waals surface area contributed by atoms with Crippen LogP contribution in [0.15, 0.2) is 43.1 Å². The van der Waals surface area contributed by atoms with E-state index in [1.54, 1.807) is 0 Å². The normalized spacial score (nSPS) is 10.9. The van der Waals surface area contributed by atoms with Gasteiger partial charge in [0.1, 0.15) is 18.6 Å². The quantitative estimate of drug-likeness (QED) is 0.190. The Hall–Kier alpha value is -4.16. The van der Waals surface area contributed by atoms with Crippen molar-refractivity contribution >= 4 is 29.6 Å². The molecule has 34 heavy (non-hydrogen) atoms. The first-order valence-electron chi connectivity index (χ1n) is 9.55. The van der Waals surface area contributed by atoms with Gasteiger partial charge >= 0.3 is 12.2 Å². The zero-order chi connectivity index (χ0) is 25.5. The van der Waals surface area contributed by atoms with Crippen molar-refractivity contribution in [2.45, 2.75) is 12.6 Å². The lowest BCUT2D eigenvalue weighted by atomic mass is 10.2. The molecule has 9 nitrogen and oxygen atoms in total. The Balaban J connectivity index is 2.47. The van der Waals surface area contributed by atoms with Gasteiger partial charge in [-0.3, -0.25) is 4.79 Å². The van der Waals surface area contributed by atoms with E-state index in [1.807, 2.05) is 0 Å². The largest absolute Gasteiger partial charge is 0.475 e. The molecule has 2 rings (SSSR count). The molecule has 2 aromatic rings. The second kappa shape index (κ2) is 11.1. The number of urea groups is 1. The van der Waals surface area contributed by atoms with Crippen LogP contribution in [0.2, 0.25) is 0 Å². The van der Waals surface area contributed by atoms with Gasteiger partial charge in [-0.1, -0.05) is 6.58 Å². The van der Waals surface area contributed by atoms with Crippen LogP contribution in [0.5, 0.6) is 17.4 Å². The molecular weight excluding hydrogens is 464 g/mol. The number of rotatable bonds is 9. The summed E-state index contributed by atoms with van der Waals surface area (Å²) >= 11 is 0. The van der Waals surface area contributed by atoms with Gasteiger partial charge in [-0.25, -0.2) is 19.1 Å². The summed E-state index contributed by atoms with van der Waals surface area (Å²) in [6, 6.07) is 3.03. The summed E-state index contributed by atoms with van der Waals surface area (Å²) < 4.78 is 63.9. The summed E-state index contributed by atoms with van der Waals surface area (Å²) in [5, 5.41) is 0. The second-order valence-corrected chi connectivity index (χ2v) is 6.69. The number of carbonyl (C=O) groups is 3. The standard InChI is InChI=1S/C21H20F4N4O5/c1-3-18(31)29(20(32)28(2)12-21(23,24)25)15-11-17(14(26)10-13(15)22)34-16-6-4-7-27-19(16)33-9-5-8-30/h3-4,6-8,10-11H,1,5,9,12,26H2,2H3. The fourth-order valence-electron chi connectivity index (χ4n) is 2.62. The zero-order valence-electron chi connectivity index (χ0n) is 17.8. The number of hydrogen-bond acceptors (Lipinski definition) is 7. The SMILES string of the molecule is C=CC(=O)N(C(=O)N(C)CC(F)(F)F)c1cc(Oc2cccnc2OCCC=O)c(N)cc1F. The van der Waals surface area contributed by atoms with Crippen molar-refractivity contribution in [3.05, 3.63) is 48.9 Å². The highest BCUT2D eigenvalue weighted by Crippen LogP contribution is 2.37. The van der Waals surface area contributed by atoms with Crippen LogP contribution >= 0.6 is 0 Å². The van der Waals surface area contributed by atoms with E-state index in [9.17, 15) is 31.9 Å². The summed E-state index contributed by atoms with van der Waals surface area (Å²) in [5.41, 5.74) is 4.82. The number of nitrogen functional groups attached to an aromatic ring is 1. The first-order chi connectivity index (χ1) is 16.0. The van der Waals surface area contributed by atoms with Gasteiger partial charge < -0.3 is 24.9 Å². The van der Waals surface area contributed by atoms with Crippen LogP contribution < -0.4 is 20.1 Å². The van der Waals surface area contributed by atoms with Crippen molar-refractivity contribution < 1.29 is 41.4 Å². The summed E-state index contributed by atoms with van der Waals surface area (Å²) in [4.78, 5) is 39.7. The van der Waals surface area contributed by atoms with Gasteiger partial charge in [0.2, 0.25) is 0 Å². The number of anilines is 2. The fraction of sp³-hybridized carbons (Fsp3) is 0.238. The topological polar surface area (TPSA) is 115 Å². The number of benzene rings is 1. The molecule has 2 N–H and O–H groups in total. The number of hydrogen-bond donors (Lipinski definition) is 1. The Morgan fingerprint density at radius 3 is 2.59 bits per heavy atom. The van der Waals surface area contributed by atoms with Crippen LogP contribution in [0, 0.1) is 5.82 Å². The van der Waals surface area contributed by atoms with E-state index in [0.29, 0.717) is 12.4 Å². The van der Waals surface area contributed by atoms with Crippen LogP contribution in [0.1, 0.15) is 6.42 Å². The number of imide groups is 1. The average Bonchev–Trinajstić information content (AvgIpc) is 2.76. The second-order valence-electron chi connectivity index (χ2n) is 6.69. The van der Waals surface area contributed by atoms with Gasteiger partial charge in [-0.05, 0) is 18.2 Å². The molecule has 0 saturated carbocycles. The lowest BCUT2D eigenvalue weighted by molar-refractivity contribution is -0.137. The van der Waals surface area contributed by atoms with E-state index in [4.69, 9.17) is 15.2 Å². The first-order valence-corrected chi connectivity index (χ1v) is 9.55. The molecule has 0 atom stereocenters. The number of nitrogens with two attached hydrogens (primary N) is 1. The van der Waals surface area contributed by atoms with Crippen molar-refractivity contribution in [2.24, 2.45) is 0 Å². The number of alkyl halides is 3. The van der Waals surface area contributed by atoms with Gasteiger partial charge in [0.25, 0.3) is 11.8 Å². The maximum Gasteiger partial charge on any atom is 0.406 e. The molecule has 0 saturated heterocycles. The number of amides is 3. The molecule has 0 bridgehead atoms. The van der Waals surface area contributed by atoms with Crippen LogP contribution in [0.25, 0.3) is 0 Å². The highest BCUT2D eigenvalue weighted by atomic mass is 19.4. The maximum atomic E-state index is 14.7. The molecule has 0 aliphatic rings. The number of ether oxygens (including phenoxy) is 2. The first kappa shape index (κ1) is 26.1. The maximum absolute atomic E-state index is 14.7. The minimum absolute atomic E-state index is 0.000213. The summed E-state index contributed by atoms with van der Waals surface area (Å²) in [6.07, 6.45) is -2.05. The Labute approximate surface area is 191 Å². The molecule has 1 aromatic heterocycles. The smallest absolute Gasteiger partial charge is 0.406 e. The predicted molar refractivity (Wildman–Crippen MR) is 113 cm³/mol.